The van der Waals surface area contributed by atoms with Crippen LogP contribution in [-0.4, -0.2) is 86.3 Å². The SMILES string of the molecule is COCCN1CCOCCN(CCOC)c2ccc(C=O)cc2OCCOc2cc(C)ccc21. The molecule has 0 N–H and O–H groups in total. The Balaban J connectivity index is 1.86. The molecule has 186 valence electrons. The number of fused-ring (bicyclic) bond motifs is 2. The summed E-state index contributed by atoms with van der Waals surface area (Å²) in [7, 11) is 3.39. The molecule has 8 nitrogen and oxygen atoms in total. The Kier molecular flexibility index (Phi) is 10.5. The number of carbonyl (C=O) groups excluding carboxylic acids is 1. The van der Waals surface area contributed by atoms with Crippen molar-refractivity contribution < 1.29 is 28.5 Å². The number of hydrogen-bond acceptors (Lipinski definition) is 8. The molecule has 0 aromatic heterocycles. The standard InChI is InChI=1S/C26H36N2O6/c1-21-4-6-23-25(18-21)33-16-17-34-26-19-22(20-29)5-7-24(26)28(9-13-31-3)11-15-32-14-10-27(23)8-12-30-2/h4-7,18-20H,8-17H2,1-3H3. The number of aldehydes is 1. The predicted molar refractivity (Wildman–Crippen MR) is 133 cm³/mol. The van der Waals surface area contributed by atoms with Gasteiger partial charge in [0.15, 0.2) is 0 Å². The Morgan fingerprint density at radius 1 is 0.824 bits per heavy atom. The number of rotatable bonds is 7. The molecule has 8 heteroatoms. The van der Waals surface area contributed by atoms with Crippen LogP contribution in [0.25, 0.3) is 0 Å². The van der Waals surface area contributed by atoms with Crippen LogP contribution in [-0.2, 0) is 14.2 Å². The van der Waals surface area contributed by atoms with Crippen molar-refractivity contribution in [1.29, 1.82) is 0 Å². The molecule has 2 aromatic carbocycles. The van der Waals surface area contributed by atoms with Gasteiger partial charge < -0.3 is 33.5 Å². The Hall–Kier alpha value is -2.81. The van der Waals surface area contributed by atoms with Crippen LogP contribution in [0.4, 0.5) is 11.4 Å². The lowest BCUT2D eigenvalue weighted by atomic mass is 10.2. The number of benzene rings is 2. The van der Waals surface area contributed by atoms with E-state index in [2.05, 4.69) is 21.9 Å². The third-order valence-electron chi connectivity index (χ3n) is 5.66. The maximum atomic E-state index is 11.4. The van der Waals surface area contributed by atoms with E-state index in [1.54, 1.807) is 26.4 Å². The number of aryl methyl sites for hydroxylation is 1. The van der Waals surface area contributed by atoms with Gasteiger partial charge in [-0.1, -0.05) is 6.07 Å². The molecule has 3 rings (SSSR count). The van der Waals surface area contributed by atoms with Gasteiger partial charge in [-0.25, -0.2) is 0 Å². The van der Waals surface area contributed by atoms with Crippen molar-refractivity contribution in [3.63, 3.8) is 0 Å². The maximum absolute atomic E-state index is 11.4. The normalized spacial score (nSPS) is 15.3. The lowest BCUT2D eigenvalue weighted by Gasteiger charge is -2.27. The third kappa shape index (κ3) is 7.35. The van der Waals surface area contributed by atoms with Gasteiger partial charge in [-0.05, 0) is 42.8 Å². The average molecular weight is 473 g/mol. The molecule has 1 heterocycles. The summed E-state index contributed by atoms with van der Waals surface area (Å²) in [5.41, 5.74) is 3.59. The van der Waals surface area contributed by atoms with Crippen molar-refractivity contribution in [2.24, 2.45) is 0 Å². The molecular formula is C26H36N2O6. The molecular weight excluding hydrogens is 436 g/mol. The van der Waals surface area contributed by atoms with Crippen LogP contribution in [0, 0.1) is 6.92 Å². The predicted octanol–water partition coefficient (Wildman–Crippen LogP) is 3.20. The molecule has 0 unspecified atom stereocenters. The molecule has 0 bridgehead atoms. The van der Waals surface area contributed by atoms with Gasteiger partial charge in [-0.15, -0.1) is 0 Å². The molecule has 0 saturated heterocycles. The summed E-state index contributed by atoms with van der Waals surface area (Å²) in [6.07, 6.45) is 0.825. The van der Waals surface area contributed by atoms with Gasteiger partial charge in [0.1, 0.15) is 31.0 Å². The first kappa shape index (κ1) is 25.8. The molecule has 0 spiro atoms. The Morgan fingerprint density at radius 2 is 1.38 bits per heavy atom. The monoisotopic (exact) mass is 472 g/mol. The van der Waals surface area contributed by atoms with Crippen LogP contribution in [0.15, 0.2) is 36.4 Å². The van der Waals surface area contributed by atoms with Crippen LogP contribution in [0.3, 0.4) is 0 Å². The van der Waals surface area contributed by atoms with E-state index >= 15 is 0 Å². The van der Waals surface area contributed by atoms with Gasteiger partial charge in [-0.3, -0.25) is 4.79 Å². The van der Waals surface area contributed by atoms with Gasteiger partial charge in [0.2, 0.25) is 0 Å². The lowest BCUT2D eigenvalue weighted by molar-refractivity contribution is 0.112. The number of hydrogen-bond donors (Lipinski definition) is 0. The quantitative estimate of drug-likeness (QED) is 0.569. The fourth-order valence-electron chi connectivity index (χ4n) is 3.84. The second kappa shape index (κ2) is 13.8. The van der Waals surface area contributed by atoms with E-state index in [9.17, 15) is 4.79 Å². The molecule has 1 aliphatic heterocycles. The zero-order chi connectivity index (χ0) is 24.2. The first-order valence-corrected chi connectivity index (χ1v) is 11.7. The van der Waals surface area contributed by atoms with Crippen molar-refractivity contribution in [3.05, 3.63) is 47.5 Å². The Morgan fingerprint density at radius 3 is 1.94 bits per heavy atom. The number of carbonyl (C=O) groups is 1. The van der Waals surface area contributed by atoms with Crippen LogP contribution in [0.1, 0.15) is 15.9 Å². The average Bonchev–Trinajstić information content (AvgIpc) is 2.85. The van der Waals surface area contributed by atoms with E-state index in [1.165, 1.54) is 0 Å². The number of nitrogens with zero attached hydrogens (tertiary/aromatic N) is 2. The summed E-state index contributed by atoms with van der Waals surface area (Å²) in [6, 6.07) is 11.7. The highest BCUT2D eigenvalue weighted by Crippen LogP contribution is 2.31. The second-order valence-electron chi connectivity index (χ2n) is 8.09. The highest BCUT2D eigenvalue weighted by molar-refractivity contribution is 5.78. The van der Waals surface area contributed by atoms with Gasteiger partial charge in [-0.2, -0.15) is 0 Å². The van der Waals surface area contributed by atoms with E-state index in [1.807, 2.05) is 19.1 Å². The van der Waals surface area contributed by atoms with E-state index < -0.39 is 0 Å². The van der Waals surface area contributed by atoms with Crippen LogP contribution in [0.5, 0.6) is 11.5 Å². The lowest BCUT2D eigenvalue weighted by Crippen LogP contribution is -2.33. The van der Waals surface area contributed by atoms with Gasteiger partial charge in [0, 0.05) is 46.0 Å². The summed E-state index contributed by atoms with van der Waals surface area (Å²) in [4.78, 5) is 15.8. The maximum Gasteiger partial charge on any atom is 0.150 e. The molecule has 1 aliphatic rings. The summed E-state index contributed by atoms with van der Waals surface area (Å²) in [5, 5.41) is 0. The molecule has 0 fully saturated rings. The van der Waals surface area contributed by atoms with E-state index in [0.29, 0.717) is 64.0 Å². The molecule has 0 aliphatic carbocycles. The largest absolute Gasteiger partial charge is 0.488 e. The summed E-state index contributed by atoms with van der Waals surface area (Å²) < 4.78 is 28.9. The highest BCUT2D eigenvalue weighted by Gasteiger charge is 2.17. The molecule has 0 amide bonds. The zero-order valence-electron chi connectivity index (χ0n) is 20.5. The minimum absolute atomic E-state index is 0.343. The molecule has 0 atom stereocenters. The number of ether oxygens (including phenoxy) is 5. The van der Waals surface area contributed by atoms with Crippen molar-refractivity contribution in [3.8, 4) is 11.5 Å². The Labute approximate surface area is 202 Å². The van der Waals surface area contributed by atoms with Crippen LogP contribution < -0.4 is 19.3 Å². The number of methoxy groups -OCH3 is 2. The van der Waals surface area contributed by atoms with Gasteiger partial charge in [0.05, 0.1) is 37.8 Å². The molecule has 2 aromatic rings. The Bertz CT molecular complexity index is 907. The van der Waals surface area contributed by atoms with E-state index in [-0.39, 0.29) is 0 Å². The van der Waals surface area contributed by atoms with Crippen molar-refractivity contribution in [1.82, 2.24) is 0 Å². The van der Waals surface area contributed by atoms with Crippen molar-refractivity contribution >= 4 is 17.7 Å². The smallest absolute Gasteiger partial charge is 0.150 e. The minimum atomic E-state index is 0.343. The fourth-order valence-corrected chi connectivity index (χ4v) is 3.84. The fraction of sp³-hybridized carbons (Fsp3) is 0.500. The zero-order valence-corrected chi connectivity index (χ0v) is 20.5. The van der Waals surface area contributed by atoms with Crippen molar-refractivity contribution in [2.45, 2.75) is 6.92 Å². The van der Waals surface area contributed by atoms with Gasteiger partial charge >= 0.3 is 0 Å². The third-order valence-corrected chi connectivity index (χ3v) is 5.66. The number of anilines is 2. The molecule has 34 heavy (non-hydrogen) atoms. The summed E-state index contributed by atoms with van der Waals surface area (Å²) in [5.74, 6) is 1.45. The topological polar surface area (TPSA) is 69.7 Å². The first-order valence-electron chi connectivity index (χ1n) is 11.7. The molecule has 0 radical (unpaired) electrons. The first-order chi connectivity index (χ1) is 16.7. The molecule has 0 saturated carbocycles. The van der Waals surface area contributed by atoms with Gasteiger partial charge in [0.25, 0.3) is 0 Å². The van der Waals surface area contributed by atoms with Crippen LogP contribution in [0.2, 0.25) is 0 Å². The summed E-state index contributed by atoms with van der Waals surface area (Å²) in [6.45, 7) is 7.85. The van der Waals surface area contributed by atoms with Crippen LogP contribution >= 0.6 is 0 Å². The summed E-state index contributed by atoms with van der Waals surface area (Å²) >= 11 is 0. The van der Waals surface area contributed by atoms with E-state index in [0.717, 1.165) is 42.1 Å². The van der Waals surface area contributed by atoms with Crippen molar-refractivity contribution in [2.75, 3.05) is 89.8 Å². The second-order valence-corrected chi connectivity index (χ2v) is 8.09. The van der Waals surface area contributed by atoms with E-state index in [4.69, 9.17) is 23.7 Å². The minimum Gasteiger partial charge on any atom is -0.488 e. The highest BCUT2D eigenvalue weighted by atomic mass is 16.5.